The van der Waals surface area contributed by atoms with Gasteiger partial charge < -0.3 is 10.2 Å². The van der Waals surface area contributed by atoms with Crippen LogP contribution in [-0.4, -0.2) is 38.0 Å². The average Bonchev–Trinajstić information content (AvgIpc) is 2.37. The molecular formula is C12H19N3O3S. The molecule has 1 heterocycles. The van der Waals surface area contributed by atoms with Crippen LogP contribution in [0.5, 0.6) is 0 Å². The van der Waals surface area contributed by atoms with Gasteiger partial charge in [-0.05, 0) is 26.0 Å². The van der Waals surface area contributed by atoms with Gasteiger partial charge in [0.15, 0.2) is 0 Å². The maximum absolute atomic E-state index is 12.6. The molecule has 0 aliphatic carbocycles. The molecule has 106 valence electrons. The van der Waals surface area contributed by atoms with Crippen LogP contribution in [0.4, 0.5) is 5.69 Å². The SMILES string of the molecule is CC1(C)CN(S(=O)(=O)c2ccccc2NN)CCO1. The Kier molecular flexibility index (Phi) is 3.82. The monoisotopic (exact) mass is 285 g/mol. The first kappa shape index (κ1) is 14.3. The van der Waals surface area contributed by atoms with Crippen molar-refractivity contribution in [1.29, 1.82) is 0 Å². The zero-order valence-corrected chi connectivity index (χ0v) is 11.9. The minimum absolute atomic E-state index is 0.190. The number of morpholine rings is 1. The highest BCUT2D eigenvalue weighted by Crippen LogP contribution is 2.27. The van der Waals surface area contributed by atoms with Gasteiger partial charge in [0.25, 0.3) is 0 Å². The zero-order chi connectivity index (χ0) is 14.1. The van der Waals surface area contributed by atoms with E-state index in [0.29, 0.717) is 25.4 Å². The number of anilines is 1. The third-order valence-corrected chi connectivity index (χ3v) is 4.95. The largest absolute Gasteiger partial charge is 0.373 e. The van der Waals surface area contributed by atoms with E-state index in [0.717, 1.165) is 0 Å². The molecule has 7 heteroatoms. The number of nitrogens with zero attached hydrogens (tertiary/aromatic N) is 1. The van der Waals surface area contributed by atoms with Gasteiger partial charge >= 0.3 is 0 Å². The molecule has 1 saturated heterocycles. The molecule has 1 fully saturated rings. The van der Waals surface area contributed by atoms with Crippen LogP contribution in [0.15, 0.2) is 29.2 Å². The van der Waals surface area contributed by atoms with E-state index < -0.39 is 15.6 Å². The number of rotatable bonds is 3. The fourth-order valence-electron chi connectivity index (χ4n) is 2.13. The Morgan fingerprint density at radius 3 is 2.68 bits per heavy atom. The number of benzene rings is 1. The van der Waals surface area contributed by atoms with Crippen molar-refractivity contribution in [2.45, 2.75) is 24.3 Å². The number of para-hydroxylation sites is 1. The van der Waals surface area contributed by atoms with Crippen molar-refractivity contribution in [2.75, 3.05) is 25.1 Å². The second-order valence-corrected chi connectivity index (χ2v) is 6.99. The molecule has 0 amide bonds. The van der Waals surface area contributed by atoms with Gasteiger partial charge in [0.2, 0.25) is 10.0 Å². The first-order valence-electron chi connectivity index (χ1n) is 6.06. The van der Waals surface area contributed by atoms with Crippen molar-refractivity contribution in [3.63, 3.8) is 0 Å². The summed E-state index contributed by atoms with van der Waals surface area (Å²) in [6.45, 7) is 4.83. The summed E-state index contributed by atoms with van der Waals surface area (Å²) >= 11 is 0. The zero-order valence-electron chi connectivity index (χ0n) is 11.1. The number of nitrogens with one attached hydrogen (secondary N) is 1. The summed E-state index contributed by atoms with van der Waals surface area (Å²) in [5.74, 6) is 5.37. The lowest BCUT2D eigenvalue weighted by atomic mass is 10.1. The summed E-state index contributed by atoms with van der Waals surface area (Å²) in [5, 5.41) is 0. The number of hydrogen-bond acceptors (Lipinski definition) is 5. The van der Waals surface area contributed by atoms with Crippen LogP contribution >= 0.6 is 0 Å². The van der Waals surface area contributed by atoms with E-state index >= 15 is 0 Å². The molecule has 1 aromatic rings. The molecule has 1 aliphatic heterocycles. The lowest BCUT2D eigenvalue weighted by molar-refractivity contribution is -0.0640. The van der Waals surface area contributed by atoms with Gasteiger partial charge in [0, 0.05) is 13.1 Å². The van der Waals surface area contributed by atoms with Crippen LogP contribution in [0.3, 0.4) is 0 Å². The van der Waals surface area contributed by atoms with Crippen molar-refractivity contribution in [2.24, 2.45) is 5.84 Å². The van der Waals surface area contributed by atoms with Crippen molar-refractivity contribution in [3.05, 3.63) is 24.3 Å². The van der Waals surface area contributed by atoms with Gasteiger partial charge in [-0.2, -0.15) is 4.31 Å². The number of nitrogen functional groups attached to an aromatic ring is 1. The molecule has 0 radical (unpaired) electrons. The highest BCUT2D eigenvalue weighted by Gasteiger charge is 2.35. The second kappa shape index (κ2) is 5.09. The number of ether oxygens (including phenoxy) is 1. The Morgan fingerprint density at radius 1 is 1.37 bits per heavy atom. The summed E-state index contributed by atoms with van der Waals surface area (Å²) in [7, 11) is -3.56. The molecule has 0 atom stereocenters. The Balaban J connectivity index is 2.37. The lowest BCUT2D eigenvalue weighted by Gasteiger charge is -2.37. The topological polar surface area (TPSA) is 84.7 Å². The van der Waals surface area contributed by atoms with Crippen LogP contribution < -0.4 is 11.3 Å². The smallest absolute Gasteiger partial charge is 0.245 e. The van der Waals surface area contributed by atoms with Crippen LogP contribution in [0.2, 0.25) is 0 Å². The summed E-state index contributed by atoms with van der Waals surface area (Å²) < 4.78 is 32.2. The van der Waals surface area contributed by atoms with Crippen LogP contribution in [-0.2, 0) is 14.8 Å². The predicted octanol–water partition coefficient (Wildman–Crippen LogP) is 0.772. The van der Waals surface area contributed by atoms with E-state index in [9.17, 15) is 8.42 Å². The molecule has 1 aliphatic rings. The first-order chi connectivity index (χ1) is 8.87. The molecule has 0 spiro atoms. The Morgan fingerprint density at radius 2 is 2.05 bits per heavy atom. The molecule has 0 unspecified atom stereocenters. The number of nitrogens with two attached hydrogens (primary N) is 1. The van der Waals surface area contributed by atoms with Gasteiger partial charge in [-0.1, -0.05) is 12.1 Å². The van der Waals surface area contributed by atoms with Gasteiger partial charge in [0.05, 0.1) is 17.9 Å². The van der Waals surface area contributed by atoms with E-state index in [1.807, 2.05) is 13.8 Å². The highest BCUT2D eigenvalue weighted by molar-refractivity contribution is 7.89. The van der Waals surface area contributed by atoms with Crippen molar-refractivity contribution in [1.82, 2.24) is 4.31 Å². The van der Waals surface area contributed by atoms with Crippen LogP contribution in [0, 0.1) is 0 Å². The molecule has 0 bridgehead atoms. The molecule has 3 N–H and O–H groups in total. The van der Waals surface area contributed by atoms with E-state index in [1.165, 1.54) is 4.31 Å². The summed E-state index contributed by atoms with van der Waals surface area (Å²) in [5.41, 5.74) is 2.34. The normalized spacial score (nSPS) is 20.2. The molecule has 0 aromatic heterocycles. The van der Waals surface area contributed by atoms with Crippen molar-refractivity contribution >= 4 is 15.7 Å². The molecule has 1 aromatic carbocycles. The minimum Gasteiger partial charge on any atom is -0.373 e. The van der Waals surface area contributed by atoms with Gasteiger partial charge in [-0.3, -0.25) is 5.84 Å². The molecule has 19 heavy (non-hydrogen) atoms. The summed E-state index contributed by atoms with van der Waals surface area (Å²) in [6, 6.07) is 6.60. The van der Waals surface area contributed by atoms with E-state index in [-0.39, 0.29) is 4.90 Å². The van der Waals surface area contributed by atoms with Crippen LogP contribution in [0.1, 0.15) is 13.8 Å². The van der Waals surface area contributed by atoms with E-state index in [1.54, 1.807) is 24.3 Å². The number of hydrazine groups is 1. The lowest BCUT2D eigenvalue weighted by Crippen LogP contribution is -2.50. The van der Waals surface area contributed by atoms with E-state index in [2.05, 4.69) is 5.43 Å². The predicted molar refractivity (Wildman–Crippen MR) is 73.0 cm³/mol. The average molecular weight is 285 g/mol. The second-order valence-electron chi connectivity index (χ2n) is 5.09. The third-order valence-electron chi connectivity index (χ3n) is 3.05. The molecular weight excluding hydrogens is 266 g/mol. The molecule has 6 nitrogen and oxygen atoms in total. The maximum atomic E-state index is 12.6. The summed E-state index contributed by atoms with van der Waals surface area (Å²) in [4.78, 5) is 0.190. The van der Waals surface area contributed by atoms with Crippen molar-refractivity contribution in [3.8, 4) is 0 Å². The van der Waals surface area contributed by atoms with Gasteiger partial charge in [-0.15, -0.1) is 0 Å². The van der Waals surface area contributed by atoms with Gasteiger partial charge in [0.1, 0.15) is 4.90 Å². The molecule has 0 saturated carbocycles. The van der Waals surface area contributed by atoms with E-state index in [4.69, 9.17) is 10.6 Å². The fourth-order valence-corrected chi connectivity index (χ4v) is 3.86. The Labute approximate surface area is 113 Å². The Bertz CT molecular complexity index is 557. The number of sulfonamides is 1. The minimum atomic E-state index is -3.56. The van der Waals surface area contributed by atoms with Gasteiger partial charge in [-0.25, -0.2) is 8.42 Å². The maximum Gasteiger partial charge on any atom is 0.245 e. The first-order valence-corrected chi connectivity index (χ1v) is 7.50. The standard InChI is InChI=1S/C12H19N3O3S/c1-12(2)9-15(7-8-18-12)19(16,17)11-6-4-3-5-10(11)14-13/h3-6,14H,7-9,13H2,1-2H3. The summed E-state index contributed by atoms with van der Waals surface area (Å²) in [6.07, 6.45) is 0. The fraction of sp³-hybridized carbons (Fsp3) is 0.500. The Hall–Kier alpha value is -1.15. The number of hydrogen-bond donors (Lipinski definition) is 2. The third kappa shape index (κ3) is 2.89. The highest BCUT2D eigenvalue weighted by atomic mass is 32.2. The quantitative estimate of drug-likeness (QED) is 0.633. The van der Waals surface area contributed by atoms with Crippen LogP contribution in [0.25, 0.3) is 0 Å². The molecule has 2 rings (SSSR count). The van der Waals surface area contributed by atoms with Crippen molar-refractivity contribution < 1.29 is 13.2 Å².